The predicted molar refractivity (Wildman–Crippen MR) is 110 cm³/mol. The SMILES string of the molecule is Cl.Cl.O=C(NCc1ccc(Oc2cccc(F)c2)nc1)C1CC12CCNCC2. The summed E-state index contributed by atoms with van der Waals surface area (Å²) in [7, 11) is 0. The maximum atomic E-state index is 13.2. The third kappa shape index (κ3) is 5.13. The van der Waals surface area contributed by atoms with Crippen LogP contribution in [0.25, 0.3) is 0 Å². The number of piperidine rings is 1. The topological polar surface area (TPSA) is 63.2 Å². The molecule has 2 heterocycles. The number of carbonyl (C=O) groups excluding carboxylic acids is 1. The van der Waals surface area contributed by atoms with Gasteiger partial charge in [-0.1, -0.05) is 12.1 Å². The molecule has 1 unspecified atom stereocenters. The fraction of sp³-hybridized carbons (Fsp3) is 0.400. The van der Waals surface area contributed by atoms with Gasteiger partial charge in [0.1, 0.15) is 11.6 Å². The fourth-order valence-electron chi connectivity index (χ4n) is 3.74. The molecule has 0 radical (unpaired) electrons. The Morgan fingerprint density at radius 1 is 1.25 bits per heavy atom. The smallest absolute Gasteiger partial charge is 0.223 e. The molecule has 2 aromatic rings. The highest BCUT2D eigenvalue weighted by molar-refractivity contribution is 5.85. The van der Waals surface area contributed by atoms with Crippen LogP contribution in [0.3, 0.4) is 0 Å². The first-order valence-electron chi connectivity index (χ1n) is 9.01. The summed E-state index contributed by atoms with van der Waals surface area (Å²) in [4.78, 5) is 16.6. The highest BCUT2D eigenvalue weighted by Gasteiger charge is 2.57. The Bertz CT molecular complexity index is 798. The Kier molecular flexibility index (Phi) is 7.63. The first-order chi connectivity index (χ1) is 12.6. The molecular weight excluding hydrogens is 404 g/mol. The molecule has 4 rings (SSSR count). The van der Waals surface area contributed by atoms with Crippen molar-refractivity contribution in [1.82, 2.24) is 15.6 Å². The van der Waals surface area contributed by atoms with Crippen LogP contribution in [0.5, 0.6) is 11.6 Å². The normalized spacial score (nSPS) is 19.1. The van der Waals surface area contributed by atoms with Crippen LogP contribution in [0.15, 0.2) is 42.6 Å². The molecule has 1 saturated heterocycles. The number of carbonyl (C=O) groups is 1. The molecule has 152 valence electrons. The molecule has 1 aliphatic heterocycles. The van der Waals surface area contributed by atoms with E-state index in [-0.39, 0.29) is 47.9 Å². The van der Waals surface area contributed by atoms with Gasteiger partial charge in [0, 0.05) is 30.8 Å². The van der Waals surface area contributed by atoms with Gasteiger partial charge in [-0.3, -0.25) is 4.79 Å². The quantitative estimate of drug-likeness (QED) is 0.759. The lowest BCUT2D eigenvalue weighted by Crippen LogP contribution is -2.33. The Hall–Kier alpha value is -1.89. The average molecular weight is 428 g/mol. The molecule has 5 nitrogen and oxygen atoms in total. The zero-order valence-electron chi connectivity index (χ0n) is 15.3. The van der Waals surface area contributed by atoms with Crippen molar-refractivity contribution in [2.24, 2.45) is 11.3 Å². The lowest BCUT2D eigenvalue weighted by molar-refractivity contribution is -0.123. The second-order valence-corrected chi connectivity index (χ2v) is 7.15. The molecule has 0 bridgehead atoms. The Morgan fingerprint density at radius 2 is 2.04 bits per heavy atom. The number of halogens is 3. The molecule has 28 heavy (non-hydrogen) atoms. The van der Waals surface area contributed by atoms with Crippen molar-refractivity contribution in [1.29, 1.82) is 0 Å². The monoisotopic (exact) mass is 427 g/mol. The van der Waals surface area contributed by atoms with Crippen molar-refractivity contribution >= 4 is 30.7 Å². The first-order valence-corrected chi connectivity index (χ1v) is 9.01. The standard InChI is InChI=1S/C20H22FN3O2.2ClH/c21-15-2-1-3-16(10-15)26-18-5-4-14(12-23-18)13-24-19(25)17-11-20(17)6-8-22-9-7-20;;/h1-5,10,12,17,22H,6-9,11,13H2,(H,24,25);2*1H. The number of amides is 1. The number of nitrogens with one attached hydrogen (secondary N) is 2. The van der Waals surface area contributed by atoms with Gasteiger partial charge < -0.3 is 15.4 Å². The zero-order valence-corrected chi connectivity index (χ0v) is 17.0. The van der Waals surface area contributed by atoms with Crippen molar-refractivity contribution in [2.45, 2.75) is 25.8 Å². The summed E-state index contributed by atoms with van der Waals surface area (Å²) < 4.78 is 18.7. The van der Waals surface area contributed by atoms with Crippen molar-refractivity contribution in [3.8, 4) is 11.6 Å². The molecule has 1 aromatic heterocycles. The molecular formula is C20H24Cl2FN3O2. The van der Waals surface area contributed by atoms with E-state index in [4.69, 9.17) is 4.74 Å². The van der Waals surface area contributed by atoms with Gasteiger partial charge in [0.15, 0.2) is 0 Å². The van der Waals surface area contributed by atoms with E-state index in [1.165, 1.54) is 12.1 Å². The predicted octanol–water partition coefficient (Wildman–Crippen LogP) is 3.86. The first kappa shape index (κ1) is 22.4. The van der Waals surface area contributed by atoms with Gasteiger partial charge in [-0.15, -0.1) is 24.8 Å². The average Bonchev–Trinajstić information content (AvgIpc) is 3.34. The number of pyridine rings is 1. The number of ether oxygens (including phenoxy) is 1. The minimum absolute atomic E-state index is 0. The molecule has 2 aliphatic rings. The maximum Gasteiger partial charge on any atom is 0.223 e. The fourth-order valence-corrected chi connectivity index (χ4v) is 3.74. The summed E-state index contributed by atoms with van der Waals surface area (Å²) in [5, 5.41) is 6.37. The van der Waals surface area contributed by atoms with Crippen molar-refractivity contribution < 1.29 is 13.9 Å². The van der Waals surface area contributed by atoms with E-state index in [0.29, 0.717) is 18.2 Å². The summed E-state index contributed by atoms with van der Waals surface area (Å²) in [6.45, 7) is 2.48. The van der Waals surface area contributed by atoms with Crippen LogP contribution in [0.4, 0.5) is 4.39 Å². The summed E-state index contributed by atoms with van der Waals surface area (Å²) in [5.41, 5.74) is 1.15. The number of hydrogen-bond acceptors (Lipinski definition) is 4. The van der Waals surface area contributed by atoms with Gasteiger partial charge in [0.05, 0.1) is 0 Å². The van der Waals surface area contributed by atoms with Gasteiger partial charge in [0.25, 0.3) is 0 Å². The van der Waals surface area contributed by atoms with E-state index < -0.39 is 0 Å². The third-order valence-electron chi connectivity index (χ3n) is 5.39. The number of aromatic nitrogens is 1. The molecule has 8 heteroatoms. The highest BCUT2D eigenvalue weighted by Crippen LogP contribution is 2.58. The lowest BCUT2D eigenvalue weighted by Gasteiger charge is -2.23. The molecule has 1 atom stereocenters. The van der Waals surface area contributed by atoms with Crippen molar-refractivity contribution in [3.05, 3.63) is 54.0 Å². The van der Waals surface area contributed by atoms with E-state index in [9.17, 15) is 9.18 Å². The Labute approximate surface area is 176 Å². The highest BCUT2D eigenvalue weighted by atomic mass is 35.5. The Morgan fingerprint density at radius 3 is 2.71 bits per heavy atom. The summed E-state index contributed by atoms with van der Waals surface area (Å²) in [6, 6.07) is 9.50. The molecule has 1 amide bonds. The van der Waals surface area contributed by atoms with Crippen LogP contribution < -0.4 is 15.4 Å². The second-order valence-electron chi connectivity index (χ2n) is 7.15. The van der Waals surface area contributed by atoms with Gasteiger partial charge >= 0.3 is 0 Å². The largest absolute Gasteiger partial charge is 0.439 e. The minimum atomic E-state index is -0.353. The van der Waals surface area contributed by atoms with Gasteiger partial charge in [-0.25, -0.2) is 9.37 Å². The van der Waals surface area contributed by atoms with Crippen LogP contribution in [-0.2, 0) is 11.3 Å². The third-order valence-corrected chi connectivity index (χ3v) is 5.39. The van der Waals surface area contributed by atoms with Crippen molar-refractivity contribution in [3.63, 3.8) is 0 Å². The van der Waals surface area contributed by atoms with E-state index in [1.54, 1.807) is 24.4 Å². The Balaban J connectivity index is 0.00000140. The van der Waals surface area contributed by atoms with E-state index in [0.717, 1.165) is 37.9 Å². The molecule has 2 N–H and O–H groups in total. The van der Waals surface area contributed by atoms with Gasteiger partial charge in [-0.05, 0) is 55.5 Å². The number of hydrogen-bond donors (Lipinski definition) is 2. The van der Waals surface area contributed by atoms with Crippen LogP contribution in [0.2, 0.25) is 0 Å². The maximum absolute atomic E-state index is 13.2. The summed E-state index contributed by atoms with van der Waals surface area (Å²) >= 11 is 0. The second kappa shape index (κ2) is 9.54. The van der Waals surface area contributed by atoms with E-state index in [2.05, 4.69) is 15.6 Å². The number of nitrogens with zero attached hydrogens (tertiary/aromatic N) is 1. The van der Waals surface area contributed by atoms with Crippen LogP contribution >= 0.6 is 24.8 Å². The van der Waals surface area contributed by atoms with Crippen LogP contribution in [0, 0.1) is 17.2 Å². The van der Waals surface area contributed by atoms with Gasteiger partial charge in [0.2, 0.25) is 11.8 Å². The summed E-state index contributed by atoms with van der Waals surface area (Å²) in [6.07, 6.45) is 4.87. The zero-order chi connectivity index (χ0) is 18.0. The molecule has 1 saturated carbocycles. The van der Waals surface area contributed by atoms with Crippen LogP contribution in [-0.4, -0.2) is 24.0 Å². The minimum Gasteiger partial charge on any atom is -0.439 e. The summed E-state index contributed by atoms with van der Waals surface area (Å²) in [5.74, 6) is 0.745. The van der Waals surface area contributed by atoms with E-state index >= 15 is 0 Å². The van der Waals surface area contributed by atoms with Crippen LogP contribution in [0.1, 0.15) is 24.8 Å². The lowest BCUT2D eigenvalue weighted by atomic mass is 9.92. The molecule has 1 spiro atoms. The van der Waals surface area contributed by atoms with Crippen molar-refractivity contribution in [2.75, 3.05) is 13.1 Å². The molecule has 2 fully saturated rings. The molecule has 1 aliphatic carbocycles. The van der Waals surface area contributed by atoms with E-state index in [1.807, 2.05) is 6.07 Å². The molecule has 1 aromatic carbocycles. The van der Waals surface area contributed by atoms with Gasteiger partial charge in [-0.2, -0.15) is 0 Å². The number of rotatable bonds is 5. The number of benzene rings is 1.